The number of hydrogen-bond donors (Lipinski definition) is 1. The molecular formula is C13H19N3O. The lowest BCUT2D eigenvalue weighted by atomic mass is 10.2. The summed E-state index contributed by atoms with van der Waals surface area (Å²) in [5, 5.41) is 7.12. The van der Waals surface area contributed by atoms with E-state index in [-0.39, 0.29) is 0 Å². The van der Waals surface area contributed by atoms with Gasteiger partial charge in [-0.2, -0.15) is 0 Å². The zero-order chi connectivity index (χ0) is 12.1. The van der Waals surface area contributed by atoms with Crippen LogP contribution in [0.25, 0.3) is 0 Å². The van der Waals surface area contributed by atoms with Crippen LogP contribution in [0.4, 0.5) is 0 Å². The Kier molecular flexibility index (Phi) is 3.98. The van der Waals surface area contributed by atoms with E-state index in [1.165, 1.54) is 5.56 Å². The maximum absolute atomic E-state index is 5.07. The molecular weight excluding hydrogens is 214 g/mol. The summed E-state index contributed by atoms with van der Waals surface area (Å²) in [6.45, 7) is 7.13. The molecule has 2 aromatic heterocycles. The first-order chi connectivity index (χ1) is 8.24. The molecule has 2 aromatic rings. The Morgan fingerprint density at radius 1 is 1.41 bits per heavy atom. The second-order valence-electron chi connectivity index (χ2n) is 4.70. The fourth-order valence-electron chi connectivity index (χ4n) is 1.70. The van der Waals surface area contributed by atoms with Crippen LogP contribution < -0.4 is 5.32 Å². The largest absolute Gasteiger partial charge is 0.359 e. The topological polar surface area (TPSA) is 43.0 Å². The third-order valence-electron chi connectivity index (χ3n) is 2.52. The number of nitrogens with zero attached hydrogens (tertiary/aromatic N) is 2. The first kappa shape index (κ1) is 11.9. The van der Waals surface area contributed by atoms with Gasteiger partial charge < -0.3 is 14.4 Å². The quantitative estimate of drug-likeness (QED) is 0.832. The smallest absolute Gasteiger partial charge is 0.156 e. The molecule has 0 bridgehead atoms. The number of rotatable bonds is 6. The van der Waals surface area contributed by atoms with Gasteiger partial charge >= 0.3 is 0 Å². The Hall–Kier alpha value is -1.55. The average molecular weight is 233 g/mol. The molecule has 0 atom stereocenters. The molecule has 0 amide bonds. The van der Waals surface area contributed by atoms with Crippen LogP contribution in [0.15, 0.2) is 35.2 Å². The van der Waals surface area contributed by atoms with E-state index in [9.17, 15) is 0 Å². The van der Waals surface area contributed by atoms with E-state index < -0.39 is 0 Å². The summed E-state index contributed by atoms with van der Waals surface area (Å²) in [7, 11) is 0. The average Bonchev–Trinajstić information content (AvgIpc) is 2.90. The van der Waals surface area contributed by atoms with Crippen LogP contribution >= 0.6 is 0 Å². The predicted octanol–water partition coefficient (Wildman–Crippen LogP) is 2.27. The van der Waals surface area contributed by atoms with Gasteiger partial charge in [-0.15, -0.1) is 0 Å². The SMILES string of the molecule is CC(C)CNCc1ccn(Cc2ccno2)c1. The van der Waals surface area contributed by atoms with E-state index in [0.29, 0.717) is 5.92 Å². The zero-order valence-corrected chi connectivity index (χ0v) is 10.4. The Bertz CT molecular complexity index is 431. The number of aromatic nitrogens is 2. The summed E-state index contributed by atoms with van der Waals surface area (Å²) in [6.07, 6.45) is 5.87. The van der Waals surface area contributed by atoms with Crippen LogP contribution in [0.3, 0.4) is 0 Å². The molecule has 2 rings (SSSR count). The molecule has 0 aliphatic rings. The predicted molar refractivity (Wildman–Crippen MR) is 66.6 cm³/mol. The minimum absolute atomic E-state index is 0.686. The van der Waals surface area contributed by atoms with Crippen molar-refractivity contribution < 1.29 is 4.52 Å². The Balaban J connectivity index is 1.83. The molecule has 0 aromatic carbocycles. The highest BCUT2D eigenvalue weighted by Crippen LogP contribution is 2.05. The summed E-state index contributed by atoms with van der Waals surface area (Å²) >= 11 is 0. The van der Waals surface area contributed by atoms with Crippen LogP contribution in [0.2, 0.25) is 0 Å². The maximum atomic E-state index is 5.07. The van der Waals surface area contributed by atoms with Crippen molar-refractivity contribution in [1.82, 2.24) is 15.0 Å². The fourth-order valence-corrected chi connectivity index (χ4v) is 1.70. The van der Waals surface area contributed by atoms with Gasteiger partial charge in [0.2, 0.25) is 0 Å². The number of nitrogens with one attached hydrogen (secondary N) is 1. The van der Waals surface area contributed by atoms with Crippen molar-refractivity contribution >= 4 is 0 Å². The van der Waals surface area contributed by atoms with Crippen molar-refractivity contribution in [3.05, 3.63) is 42.0 Å². The standard InChI is InChI=1S/C13H19N3O/c1-11(2)7-14-8-12-4-6-16(9-12)10-13-3-5-15-17-13/h3-6,9,11,14H,7-8,10H2,1-2H3. The van der Waals surface area contributed by atoms with Gasteiger partial charge in [0.25, 0.3) is 0 Å². The zero-order valence-electron chi connectivity index (χ0n) is 10.4. The van der Waals surface area contributed by atoms with Gasteiger partial charge in [0.1, 0.15) is 0 Å². The summed E-state index contributed by atoms with van der Waals surface area (Å²) < 4.78 is 7.18. The molecule has 0 fully saturated rings. The molecule has 0 saturated carbocycles. The first-order valence-electron chi connectivity index (χ1n) is 5.99. The van der Waals surface area contributed by atoms with Crippen molar-refractivity contribution in [2.24, 2.45) is 5.92 Å². The van der Waals surface area contributed by atoms with Crippen molar-refractivity contribution in [3.8, 4) is 0 Å². The number of hydrogen-bond acceptors (Lipinski definition) is 3. The molecule has 0 spiro atoms. The molecule has 2 heterocycles. The minimum atomic E-state index is 0.686. The van der Waals surface area contributed by atoms with E-state index in [4.69, 9.17) is 4.52 Å². The molecule has 1 N–H and O–H groups in total. The van der Waals surface area contributed by atoms with E-state index in [2.05, 4.69) is 47.3 Å². The monoisotopic (exact) mass is 233 g/mol. The van der Waals surface area contributed by atoms with Gasteiger partial charge in [-0.3, -0.25) is 0 Å². The van der Waals surface area contributed by atoms with Crippen LogP contribution in [-0.4, -0.2) is 16.3 Å². The normalized spacial score (nSPS) is 11.2. The molecule has 4 heteroatoms. The Morgan fingerprint density at radius 2 is 2.29 bits per heavy atom. The molecule has 0 unspecified atom stereocenters. The van der Waals surface area contributed by atoms with E-state index in [1.807, 2.05) is 6.07 Å². The summed E-state index contributed by atoms with van der Waals surface area (Å²) in [6, 6.07) is 4.01. The first-order valence-corrected chi connectivity index (χ1v) is 5.99. The third-order valence-corrected chi connectivity index (χ3v) is 2.52. The Labute approximate surface area is 102 Å². The van der Waals surface area contributed by atoms with Gasteiger partial charge in [0.05, 0.1) is 12.7 Å². The summed E-state index contributed by atoms with van der Waals surface area (Å²) in [5.41, 5.74) is 1.30. The van der Waals surface area contributed by atoms with E-state index in [1.54, 1.807) is 6.20 Å². The highest BCUT2D eigenvalue weighted by molar-refractivity contribution is 5.11. The summed E-state index contributed by atoms with van der Waals surface area (Å²) in [5.74, 6) is 1.56. The van der Waals surface area contributed by atoms with E-state index in [0.717, 1.165) is 25.4 Å². The van der Waals surface area contributed by atoms with Gasteiger partial charge in [0, 0.05) is 25.0 Å². The van der Waals surface area contributed by atoms with Crippen LogP contribution in [0.1, 0.15) is 25.2 Å². The van der Waals surface area contributed by atoms with Gasteiger partial charge in [-0.1, -0.05) is 19.0 Å². The molecule has 0 radical (unpaired) electrons. The van der Waals surface area contributed by atoms with Gasteiger partial charge in [-0.05, 0) is 24.1 Å². The molecule has 0 aliphatic carbocycles. The van der Waals surface area contributed by atoms with Crippen LogP contribution in [0, 0.1) is 5.92 Å². The highest BCUT2D eigenvalue weighted by atomic mass is 16.5. The minimum Gasteiger partial charge on any atom is -0.359 e. The van der Waals surface area contributed by atoms with Crippen molar-refractivity contribution in [2.75, 3.05) is 6.54 Å². The van der Waals surface area contributed by atoms with Crippen molar-refractivity contribution in [1.29, 1.82) is 0 Å². The highest BCUT2D eigenvalue weighted by Gasteiger charge is 2.01. The maximum Gasteiger partial charge on any atom is 0.156 e. The van der Waals surface area contributed by atoms with E-state index >= 15 is 0 Å². The molecule has 0 aliphatic heterocycles. The van der Waals surface area contributed by atoms with Crippen molar-refractivity contribution in [3.63, 3.8) is 0 Å². The van der Waals surface area contributed by atoms with Crippen LogP contribution in [-0.2, 0) is 13.1 Å². The second kappa shape index (κ2) is 5.68. The fraction of sp³-hybridized carbons (Fsp3) is 0.462. The lowest BCUT2D eigenvalue weighted by Gasteiger charge is -2.05. The second-order valence-corrected chi connectivity index (χ2v) is 4.70. The van der Waals surface area contributed by atoms with Crippen LogP contribution in [0.5, 0.6) is 0 Å². The molecule has 17 heavy (non-hydrogen) atoms. The lowest BCUT2D eigenvalue weighted by molar-refractivity contribution is 0.376. The van der Waals surface area contributed by atoms with Gasteiger partial charge in [-0.25, -0.2) is 0 Å². The molecule has 0 saturated heterocycles. The molecule has 92 valence electrons. The lowest BCUT2D eigenvalue weighted by Crippen LogP contribution is -2.18. The van der Waals surface area contributed by atoms with Gasteiger partial charge in [0.15, 0.2) is 5.76 Å². The third kappa shape index (κ3) is 3.75. The molecule has 4 nitrogen and oxygen atoms in total. The van der Waals surface area contributed by atoms with Crippen molar-refractivity contribution in [2.45, 2.75) is 26.9 Å². The Morgan fingerprint density at radius 3 is 3.00 bits per heavy atom. The summed E-state index contributed by atoms with van der Waals surface area (Å²) in [4.78, 5) is 0.